The minimum Gasteiger partial charge on any atom is -0.491 e. The van der Waals surface area contributed by atoms with E-state index in [0.717, 1.165) is 30.4 Å². The van der Waals surface area contributed by atoms with Crippen molar-refractivity contribution in [1.29, 1.82) is 0 Å². The lowest BCUT2D eigenvalue weighted by Gasteiger charge is -2.09. The second-order valence-corrected chi connectivity index (χ2v) is 6.35. The van der Waals surface area contributed by atoms with Crippen LogP contribution in [0.2, 0.25) is 0 Å². The fourth-order valence-corrected chi connectivity index (χ4v) is 2.75. The fraction of sp³-hybridized carbons (Fsp3) is 0.455. The SMILES string of the molecule is CCCCCCOc1ccc(-c2ccc(CCCC)cc2)cc1F. The molecule has 0 aromatic heterocycles. The smallest absolute Gasteiger partial charge is 0.165 e. The van der Waals surface area contributed by atoms with E-state index < -0.39 is 0 Å². The molecule has 0 unspecified atom stereocenters. The molecule has 0 atom stereocenters. The largest absolute Gasteiger partial charge is 0.491 e. The predicted octanol–water partition coefficient (Wildman–Crippen LogP) is 6.79. The van der Waals surface area contributed by atoms with Gasteiger partial charge in [0.05, 0.1) is 6.61 Å². The summed E-state index contributed by atoms with van der Waals surface area (Å²) in [6.45, 7) is 4.96. The molecule has 130 valence electrons. The number of unbranched alkanes of at least 4 members (excludes halogenated alkanes) is 4. The third-order valence-corrected chi connectivity index (χ3v) is 4.29. The first-order valence-electron chi connectivity index (χ1n) is 9.26. The molecule has 0 aliphatic carbocycles. The molecule has 0 saturated carbocycles. The lowest BCUT2D eigenvalue weighted by molar-refractivity contribution is 0.290. The van der Waals surface area contributed by atoms with Gasteiger partial charge in [0.15, 0.2) is 11.6 Å². The van der Waals surface area contributed by atoms with E-state index in [9.17, 15) is 4.39 Å². The van der Waals surface area contributed by atoms with E-state index in [-0.39, 0.29) is 5.82 Å². The molecule has 0 aliphatic rings. The Morgan fingerprint density at radius 1 is 0.792 bits per heavy atom. The molecular formula is C22H29FO. The van der Waals surface area contributed by atoms with Gasteiger partial charge in [0.25, 0.3) is 0 Å². The van der Waals surface area contributed by atoms with E-state index in [2.05, 4.69) is 38.1 Å². The number of hydrogen-bond donors (Lipinski definition) is 0. The molecule has 2 heteroatoms. The summed E-state index contributed by atoms with van der Waals surface area (Å²) in [6, 6.07) is 13.7. The van der Waals surface area contributed by atoms with Gasteiger partial charge in [-0.1, -0.05) is 69.9 Å². The van der Waals surface area contributed by atoms with Crippen molar-refractivity contribution in [2.75, 3.05) is 6.61 Å². The van der Waals surface area contributed by atoms with Crippen LogP contribution in [0.4, 0.5) is 4.39 Å². The average Bonchev–Trinajstić information content (AvgIpc) is 2.61. The van der Waals surface area contributed by atoms with Gasteiger partial charge in [0.1, 0.15) is 0 Å². The molecule has 2 aromatic rings. The quantitative estimate of drug-likeness (QED) is 0.436. The van der Waals surface area contributed by atoms with Crippen LogP contribution < -0.4 is 4.74 Å². The topological polar surface area (TPSA) is 9.23 Å². The van der Waals surface area contributed by atoms with Crippen LogP contribution >= 0.6 is 0 Å². The Labute approximate surface area is 145 Å². The van der Waals surface area contributed by atoms with Gasteiger partial charge >= 0.3 is 0 Å². The van der Waals surface area contributed by atoms with Crippen molar-refractivity contribution in [2.45, 2.75) is 58.8 Å². The summed E-state index contributed by atoms with van der Waals surface area (Å²) in [5.41, 5.74) is 3.28. The molecule has 0 amide bonds. The van der Waals surface area contributed by atoms with Crippen molar-refractivity contribution in [3.05, 3.63) is 53.8 Å². The highest BCUT2D eigenvalue weighted by molar-refractivity contribution is 5.64. The molecule has 0 spiro atoms. The molecule has 1 nitrogen and oxygen atoms in total. The summed E-state index contributed by atoms with van der Waals surface area (Å²) >= 11 is 0. The molecule has 0 heterocycles. The lowest BCUT2D eigenvalue weighted by atomic mass is 10.0. The number of halogens is 1. The van der Waals surface area contributed by atoms with Gasteiger partial charge in [0, 0.05) is 0 Å². The normalized spacial score (nSPS) is 10.8. The number of ether oxygens (including phenoxy) is 1. The summed E-state index contributed by atoms with van der Waals surface area (Å²) in [4.78, 5) is 0. The van der Waals surface area contributed by atoms with Crippen LogP contribution in [0, 0.1) is 5.82 Å². The van der Waals surface area contributed by atoms with E-state index in [4.69, 9.17) is 4.74 Å². The monoisotopic (exact) mass is 328 g/mol. The maximum atomic E-state index is 14.2. The Morgan fingerprint density at radius 2 is 1.50 bits per heavy atom. The third kappa shape index (κ3) is 5.67. The summed E-state index contributed by atoms with van der Waals surface area (Å²) in [5.74, 6) is 0.0767. The van der Waals surface area contributed by atoms with Gasteiger partial charge in [-0.25, -0.2) is 4.39 Å². The van der Waals surface area contributed by atoms with Crippen molar-refractivity contribution < 1.29 is 9.13 Å². The van der Waals surface area contributed by atoms with Gasteiger partial charge in [-0.2, -0.15) is 0 Å². The van der Waals surface area contributed by atoms with E-state index >= 15 is 0 Å². The molecule has 2 aromatic carbocycles. The fourth-order valence-electron chi connectivity index (χ4n) is 2.75. The van der Waals surface area contributed by atoms with Crippen molar-refractivity contribution in [1.82, 2.24) is 0 Å². The summed E-state index contributed by atoms with van der Waals surface area (Å²) in [6.07, 6.45) is 8.04. The van der Waals surface area contributed by atoms with E-state index in [1.54, 1.807) is 12.1 Å². The van der Waals surface area contributed by atoms with Gasteiger partial charge in [0.2, 0.25) is 0 Å². The number of aryl methyl sites for hydroxylation is 1. The van der Waals surface area contributed by atoms with E-state index in [1.807, 2.05) is 6.07 Å². The van der Waals surface area contributed by atoms with Crippen molar-refractivity contribution >= 4 is 0 Å². The zero-order valence-corrected chi connectivity index (χ0v) is 15.0. The van der Waals surface area contributed by atoms with Crippen LogP contribution in [0.15, 0.2) is 42.5 Å². The highest BCUT2D eigenvalue weighted by Gasteiger charge is 2.06. The molecule has 0 bridgehead atoms. The van der Waals surface area contributed by atoms with Gasteiger partial charge < -0.3 is 4.74 Å². The first-order valence-corrected chi connectivity index (χ1v) is 9.26. The second-order valence-electron chi connectivity index (χ2n) is 6.35. The lowest BCUT2D eigenvalue weighted by Crippen LogP contribution is -1.99. The van der Waals surface area contributed by atoms with Gasteiger partial charge in [-0.15, -0.1) is 0 Å². The van der Waals surface area contributed by atoms with Crippen LogP contribution in [0.3, 0.4) is 0 Å². The molecule has 0 saturated heterocycles. The molecule has 0 radical (unpaired) electrons. The number of hydrogen-bond acceptors (Lipinski definition) is 1. The Bertz CT molecular complexity index is 604. The predicted molar refractivity (Wildman–Crippen MR) is 100 cm³/mol. The molecule has 0 N–H and O–H groups in total. The Morgan fingerprint density at radius 3 is 2.17 bits per heavy atom. The van der Waals surface area contributed by atoms with Crippen molar-refractivity contribution in [3.8, 4) is 16.9 Å². The maximum absolute atomic E-state index is 14.2. The van der Waals surface area contributed by atoms with Gasteiger partial charge in [-0.05, 0) is 48.1 Å². The van der Waals surface area contributed by atoms with Crippen LogP contribution in [-0.2, 0) is 6.42 Å². The Balaban J connectivity index is 1.95. The zero-order chi connectivity index (χ0) is 17.2. The van der Waals surface area contributed by atoms with Crippen molar-refractivity contribution in [2.24, 2.45) is 0 Å². The van der Waals surface area contributed by atoms with Crippen LogP contribution in [-0.4, -0.2) is 6.61 Å². The molecule has 24 heavy (non-hydrogen) atoms. The Hall–Kier alpha value is -1.83. The van der Waals surface area contributed by atoms with Crippen LogP contribution in [0.1, 0.15) is 57.9 Å². The van der Waals surface area contributed by atoms with E-state index in [1.165, 1.54) is 31.2 Å². The van der Waals surface area contributed by atoms with Gasteiger partial charge in [-0.3, -0.25) is 0 Å². The van der Waals surface area contributed by atoms with E-state index in [0.29, 0.717) is 12.4 Å². The molecule has 0 aliphatic heterocycles. The zero-order valence-electron chi connectivity index (χ0n) is 15.0. The first-order chi connectivity index (χ1) is 11.7. The second kappa shape index (κ2) is 10.1. The first kappa shape index (κ1) is 18.5. The minimum absolute atomic E-state index is 0.280. The van der Waals surface area contributed by atoms with Crippen LogP contribution in [0.25, 0.3) is 11.1 Å². The van der Waals surface area contributed by atoms with Crippen molar-refractivity contribution in [3.63, 3.8) is 0 Å². The maximum Gasteiger partial charge on any atom is 0.165 e. The standard InChI is InChI=1S/C22H29FO/c1-3-5-7-8-16-24-22-15-14-20(17-21(22)23)19-12-10-18(11-13-19)9-6-4-2/h10-15,17H,3-9,16H2,1-2H3. The highest BCUT2D eigenvalue weighted by atomic mass is 19.1. The number of benzene rings is 2. The minimum atomic E-state index is -0.280. The molecule has 2 rings (SSSR count). The number of rotatable bonds is 10. The average molecular weight is 328 g/mol. The Kier molecular flexibility index (Phi) is 7.81. The molecule has 0 fully saturated rings. The third-order valence-electron chi connectivity index (χ3n) is 4.29. The summed E-state index contributed by atoms with van der Waals surface area (Å²) in [5, 5.41) is 0. The summed E-state index contributed by atoms with van der Waals surface area (Å²) in [7, 11) is 0. The highest BCUT2D eigenvalue weighted by Crippen LogP contribution is 2.26. The molecular weight excluding hydrogens is 299 g/mol. The summed E-state index contributed by atoms with van der Waals surface area (Å²) < 4.78 is 19.8. The van der Waals surface area contributed by atoms with Crippen LogP contribution in [0.5, 0.6) is 5.75 Å².